The summed E-state index contributed by atoms with van der Waals surface area (Å²) in [6.45, 7) is 0.286. The highest BCUT2D eigenvalue weighted by Crippen LogP contribution is 2.26. The lowest BCUT2D eigenvalue weighted by Gasteiger charge is -2.12. The molecule has 1 saturated carbocycles. The van der Waals surface area contributed by atoms with Gasteiger partial charge in [-0.3, -0.25) is 9.78 Å². The van der Waals surface area contributed by atoms with Crippen LogP contribution in [0.2, 0.25) is 0 Å². The van der Waals surface area contributed by atoms with Gasteiger partial charge in [0.1, 0.15) is 5.75 Å². The Bertz CT molecular complexity index is 709. The van der Waals surface area contributed by atoms with Crippen LogP contribution < -0.4 is 15.8 Å². The molecular weight excluding hydrogens is 309 g/mol. The zero-order valence-corrected chi connectivity index (χ0v) is 13.2. The molecule has 0 saturated heterocycles. The Morgan fingerprint density at radius 1 is 1.38 bits per heavy atom. The highest BCUT2D eigenvalue weighted by molar-refractivity contribution is 5.79. The number of nitrogens with one attached hydrogen (secondary N) is 1. The Balaban J connectivity index is 1.57. The van der Waals surface area contributed by atoms with Gasteiger partial charge in [-0.25, -0.2) is 4.39 Å². The number of carbonyl (C=O) groups is 1. The van der Waals surface area contributed by atoms with Gasteiger partial charge in [-0.2, -0.15) is 0 Å². The van der Waals surface area contributed by atoms with Crippen molar-refractivity contribution in [3.8, 4) is 11.5 Å². The number of halogens is 1. The van der Waals surface area contributed by atoms with Gasteiger partial charge in [-0.05, 0) is 49.1 Å². The molecule has 6 heteroatoms. The van der Waals surface area contributed by atoms with Crippen LogP contribution in [0.25, 0.3) is 0 Å². The summed E-state index contributed by atoms with van der Waals surface area (Å²) >= 11 is 0. The molecule has 126 valence electrons. The molecule has 5 nitrogen and oxygen atoms in total. The fourth-order valence-corrected chi connectivity index (χ4v) is 2.86. The smallest absolute Gasteiger partial charge is 0.223 e. The van der Waals surface area contributed by atoms with Gasteiger partial charge in [0.15, 0.2) is 11.6 Å². The predicted molar refractivity (Wildman–Crippen MR) is 87.9 cm³/mol. The lowest BCUT2D eigenvalue weighted by atomic mass is 10.1. The molecule has 1 aromatic carbocycles. The summed E-state index contributed by atoms with van der Waals surface area (Å²) < 4.78 is 19.6. The summed E-state index contributed by atoms with van der Waals surface area (Å²) in [5, 5.41) is 2.85. The van der Waals surface area contributed by atoms with E-state index < -0.39 is 5.82 Å². The SMILES string of the molecule is NC1CCC(C(=O)NCc2ccc(Oc3cccnc3)c(F)c2)C1. The molecule has 1 aliphatic rings. The Hall–Kier alpha value is -2.47. The molecule has 0 aliphatic heterocycles. The maximum atomic E-state index is 14.1. The number of pyridine rings is 1. The number of ether oxygens (including phenoxy) is 1. The summed E-state index contributed by atoms with van der Waals surface area (Å²) in [5.74, 6) is 0.0698. The van der Waals surface area contributed by atoms with Crippen molar-refractivity contribution < 1.29 is 13.9 Å². The number of hydrogen-bond acceptors (Lipinski definition) is 4. The molecule has 1 aliphatic carbocycles. The summed E-state index contributed by atoms with van der Waals surface area (Å²) in [5.41, 5.74) is 6.50. The van der Waals surface area contributed by atoms with Crippen molar-refractivity contribution in [1.82, 2.24) is 10.3 Å². The molecule has 1 aromatic heterocycles. The predicted octanol–water partition coefficient (Wildman–Crippen LogP) is 2.76. The molecule has 2 aromatic rings. The fraction of sp³-hybridized carbons (Fsp3) is 0.333. The van der Waals surface area contributed by atoms with Gasteiger partial charge >= 0.3 is 0 Å². The third-order valence-corrected chi connectivity index (χ3v) is 4.17. The molecule has 1 amide bonds. The molecule has 3 rings (SSSR count). The van der Waals surface area contributed by atoms with Crippen molar-refractivity contribution in [2.45, 2.75) is 31.8 Å². The van der Waals surface area contributed by atoms with E-state index in [1.165, 1.54) is 12.3 Å². The van der Waals surface area contributed by atoms with E-state index in [0.717, 1.165) is 19.3 Å². The second kappa shape index (κ2) is 7.40. The Kier molecular flexibility index (Phi) is 5.05. The van der Waals surface area contributed by atoms with E-state index in [1.54, 1.807) is 30.5 Å². The van der Waals surface area contributed by atoms with E-state index in [1.807, 2.05) is 0 Å². The van der Waals surface area contributed by atoms with Gasteiger partial charge in [0, 0.05) is 24.7 Å². The number of nitrogens with two attached hydrogens (primary N) is 1. The highest BCUT2D eigenvalue weighted by Gasteiger charge is 2.27. The second-order valence-corrected chi connectivity index (χ2v) is 6.04. The van der Waals surface area contributed by atoms with Crippen molar-refractivity contribution in [2.75, 3.05) is 0 Å². The minimum absolute atomic E-state index is 0.0148. The lowest BCUT2D eigenvalue weighted by molar-refractivity contribution is -0.125. The van der Waals surface area contributed by atoms with Crippen LogP contribution in [0.4, 0.5) is 4.39 Å². The monoisotopic (exact) mass is 329 g/mol. The summed E-state index contributed by atoms with van der Waals surface area (Å²) in [4.78, 5) is 16.0. The highest BCUT2D eigenvalue weighted by atomic mass is 19.1. The van der Waals surface area contributed by atoms with Crippen molar-refractivity contribution in [3.05, 3.63) is 54.1 Å². The van der Waals surface area contributed by atoms with Crippen LogP contribution in [0.3, 0.4) is 0 Å². The second-order valence-electron chi connectivity index (χ2n) is 6.04. The molecular formula is C18H20FN3O2. The molecule has 0 radical (unpaired) electrons. The number of aromatic nitrogens is 1. The van der Waals surface area contributed by atoms with Crippen LogP contribution in [0.5, 0.6) is 11.5 Å². The number of hydrogen-bond donors (Lipinski definition) is 2. The summed E-state index contributed by atoms with van der Waals surface area (Å²) in [6.07, 6.45) is 5.55. The maximum Gasteiger partial charge on any atom is 0.223 e. The zero-order valence-electron chi connectivity index (χ0n) is 13.2. The molecule has 24 heavy (non-hydrogen) atoms. The average molecular weight is 329 g/mol. The average Bonchev–Trinajstić information content (AvgIpc) is 3.02. The Labute approximate surface area is 140 Å². The first-order chi connectivity index (χ1) is 11.6. The molecule has 3 N–H and O–H groups in total. The molecule has 2 atom stereocenters. The Morgan fingerprint density at radius 3 is 2.92 bits per heavy atom. The number of benzene rings is 1. The topological polar surface area (TPSA) is 77.2 Å². The maximum absolute atomic E-state index is 14.1. The van der Waals surface area contributed by atoms with Gasteiger partial charge < -0.3 is 15.8 Å². The minimum atomic E-state index is -0.478. The molecule has 1 heterocycles. The first-order valence-electron chi connectivity index (χ1n) is 8.01. The summed E-state index contributed by atoms with van der Waals surface area (Å²) in [7, 11) is 0. The van der Waals surface area contributed by atoms with Crippen LogP contribution in [0.15, 0.2) is 42.7 Å². The number of rotatable bonds is 5. The number of amides is 1. The van der Waals surface area contributed by atoms with Gasteiger partial charge in [-0.15, -0.1) is 0 Å². The number of carbonyl (C=O) groups excluding carboxylic acids is 1. The molecule has 0 spiro atoms. The van der Waals surface area contributed by atoms with Crippen LogP contribution in [-0.4, -0.2) is 16.9 Å². The standard InChI is InChI=1S/C18H20FN3O2/c19-16-8-12(10-22-18(23)13-4-5-14(20)9-13)3-6-17(16)24-15-2-1-7-21-11-15/h1-3,6-8,11,13-14H,4-5,9-10,20H2,(H,22,23). The van der Waals surface area contributed by atoms with E-state index in [-0.39, 0.29) is 30.2 Å². The van der Waals surface area contributed by atoms with Gasteiger partial charge in [-0.1, -0.05) is 6.07 Å². The van der Waals surface area contributed by atoms with Crippen LogP contribution >= 0.6 is 0 Å². The normalized spacial score (nSPS) is 19.9. The number of nitrogens with zero attached hydrogens (tertiary/aromatic N) is 1. The lowest BCUT2D eigenvalue weighted by Crippen LogP contribution is -2.30. The van der Waals surface area contributed by atoms with Crippen LogP contribution in [0.1, 0.15) is 24.8 Å². The van der Waals surface area contributed by atoms with E-state index >= 15 is 0 Å². The molecule has 1 fully saturated rings. The zero-order chi connectivity index (χ0) is 16.9. The van der Waals surface area contributed by atoms with Crippen molar-refractivity contribution in [2.24, 2.45) is 11.7 Å². The van der Waals surface area contributed by atoms with Gasteiger partial charge in [0.05, 0.1) is 6.20 Å². The van der Waals surface area contributed by atoms with Crippen molar-refractivity contribution in [1.29, 1.82) is 0 Å². The quantitative estimate of drug-likeness (QED) is 0.884. The molecule has 0 bridgehead atoms. The first-order valence-corrected chi connectivity index (χ1v) is 8.01. The first kappa shape index (κ1) is 16.4. The van der Waals surface area contributed by atoms with E-state index in [9.17, 15) is 9.18 Å². The van der Waals surface area contributed by atoms with Crippen LogP contribution in [-0.2, 0) is 11.3 Å². The minimum Gasteiger partial charge on any atom is -0.453 e. The third-order valence-electron chi connectivity index (χ3n) is 4.17. The van der Waals surface area contributed by atoms with E-state index in [0.29, 0.717) is 11.3 Å². The van der Waals surface area contributed by atoms with Crippen molar-refractivity contribution >= 4 is 5.91 Å². The van der Waals surface area contributed by atoms with Gasteiger partial charge in [0.25, 0.3) is 0 Å². The Morgan fingerprint density at radius 2 is 2.25 bits per heavy atom. The van der Waals surface area contributed by atoms with Crippen molar-refractivity contribution in [3.63, 3.8) is 0 Å². The third kappa shape index (κ3) is 4.08. The molecule has 2 unspecified atom stereocenters. The van der Waals surface area contributed by atoms with Gasteiger partial charge in [0.2, 0.25) is 5.91 Å². The fourth-order valence-electron chi connectivity index (χ4n) is 2.86. The van der Waals surface area contributed by atoms with E-state index in [4.69, 9.17) is 10.5 Å². The van der Waals surface area contributed by atoms with Crippen LogP contribution in [0, 0.1) is 11.7 Å². The van der Waals surface area contributed by atoms with E-state index in [2.05, 4.69) is 10.3 Å². The summed E-state index contributed by atoms with van der Waals surface area (Å²) in [6, 6.07) is 8.18. The largest absolute Gasteiger partial charge is 0.453 e.